The van der Waals surface area contributed by atoms with Gasteiger partial charge in [0, 0.05) is 13.1 Å². The van der Waals surface area contributed by atoms with Crippen molar-refractivity contribution in [3.8, 4) is 23.0 Å². The highest BCUT2D eigenvalue weighted by atomic mass is 16.6. The van der Waals surface area contributed by atoms with Gasteiger partial charge in [-0.2, -0.15) is 0 Å². The van der Waals surface area contributed by atoms with E-state index in [-0.39, 0.29) is 25.7 Å². The molecule has 1 aliphatic heterocycles. The third-order valence-electron chi connectivity index (χ3n) is 9.05. The van der Waals surface area contributed by atoms with Gasteiger partial charge in [-0.15, -0.1) is 0 Å². The molecule has 8 nitrogen and oxygen atoms in total. The lowest BCUT2D eigenvalue weighted by Gasteiger charge is -2.35. The molecule has 0 aliphatic carbocycles. The van der Waals surface area contributed by atoms with Gasteiger partial charge in [0.1, 0.15) is 38.6 Å². The summed E-state index contributed by atoms with van der Waals surface area (Å²) in [5.41, 5.74) is -0.878. The molecule has 1 aliphatic rings. The minimum absolute atomic E-state index is 0.0182. The van der Waals surface area contributed by atoms with E-state index in [4.69, 9.17) is 28.4 Å². The highest BCUT2D eigenvalue weighted by Gasteiger charge is 2.35. The van der Waals surface area contributed by atoms with Gasteiger partial charge in [-0.3, -0.25) is 4.79 Å². The van der Waals surface area contributed by atoms with Crippen LogP contribution in [0.25, 0.3) is 0 Å². The quantitative estimate of drug-likeness (QED) is 0.129. The predicted octanol–water partition coefficient (Wildman–Crippen LogP) is 9.43. The zero-order valence-electron chi connectivity index (χ0n) is 30.9. The van der Waals surface area contributed by atoms with Gasteiger partial charge in [0.15, 0.2) is 23.0 Å². The molecule has 276 valence electrons. The smallest absolute Gasteiger partial charge is 0.248 e. The van der Waals surface area contributed by atoms with E-state index in [2.05, 4.69) is 20.8 Å². The first kappa shape index (κ1) is 40.5. The van der Waals surface area contributed by atoms with Gasteiger partial charge >= 0.3 is 0 Å². The van der Waals surface area contributed by atoms with Crippen LogP contribution in [0.5, 0.6) is 23.0 Å². The van der Waals surface area contributed by atoms with E-state index in [0.717, 1.165) is 64.5 Å². The topological polar surface area (TPSA) is 75.7 Å². The summed E-state index contributed by atoms with van der Waals surface area (Å²) in [4.78, 5) is 15.8. The van der Waals surface area contributed by atoms with Gasteiger partial charge in [-0.05, 0) is 43.5 Å². The number of nitrogens with zero attached hydrogens (tertiary/aromatic N) is 1. The Morgan fingerprint density at radius 1 is 0.592 bits per heavy atom. The molecule has 0 saturated carbocycles. The van der Waals surface area contributed by atoms with Crippen molar-refractivity contribution in [2.75, 3.05) is 59.3 Å². The molecule has 2 aromatic carbocycles. The maximum atomic E-state index is 13.8. The molecule has 0 N–H and O–H groups in total. The number of para-hydroxylation sites is 4. The minimum Gasteiger partial charge on any atom is -0.487 e. The summed E-state index contributed by atoms with van der Waals surface area (Å²) >= 11 is 0. The third-order valence-corrected chi connectivity index (χ3v) is 9.05. The lowest BCUT2D eigenvalue weighted by molar-refractivity contribution is -0.151. The molecule has 1 amide bonds. The zero-order valence-corrected chi connectivity index (χ0v) is 30.9. The van der Waals surface area contributed by atoms with Gasteiger partial charge in [-0.25, -0.2) is 0 Å². The van der Waals surface area contributed by atoms with Gasteiger partial charge in [0.05, 0.1) is 13.2 Å². The standard InChI is InChI=1S/C41H65NO7/c1-4-7-10-11-12-13-14-19-26-41(49-33-40(43)42(27-20-8-5-2)28-21-9-6-3)34-47-38-24-17-15-22-36(38)45-31-29-44-30-32-46-37-23-16-18-25-39(37)48-35-41/h15-18,22-25H,4-14,19-21,26-35H2,1-3H3. The van der Waals surface area contributed by atoms with Crippen molar-refractivity contribution in [2.24, 2.45) is 0 Å². The Hall–Kier alpha value is -2.97. The Morgan fingerprint density at radius 2 is 1.02 bits per heavy atom. The normalized spacial score (nSPS) is 15.1. The number of hydrogen-bond acceptors (Lipinski definition) is 7. The first-order chi connectivity index (χ1) is 24.1. The fraction of sp³-hybridized carbons (Fsp3) is 0.683. The molecule has 49 heavy (non-hydrogen) atoms. The summed E-state index contributed by atoms with van der Waals surface area (Å²) in [6.07, 6.45) is 16.7. The molecule has 0 spiro atoms. The molecule has 0 bridgehead atoms. The maximum absolute atomic E-state index is 13.8. The van der Waals surface area contributed by atoms with Gasteiger partial charge in [-0.1, -0.05) is 122 Å². The molecule has 0 saturated heterocycles. The van der Waals surface area contributed by atoms with Crippen LogP contribution >= 0.6 is 0 Å². The van der Waals surface area contributed by atoms with Gasteiger partial charge in [0.2, 0.25) is 5.91 Å². The second kappa shape index (κ2) is 25.1. The van der Waals surface area contributed by atoms with Crippen LogP contribution in [0, 0.1) is 0 Å². The molecule has 1 heterocycles. The lowest BCUT2D eigenvalue weighted by atomic mass is 9.96. The largest absolute Gasteiger partial charge is 0.487 e. The van der Waals surface area contributed by atoms with Crippen molar-refractivity contribution in [1.82, 2.24) is 4.90 Å². The van der Waals surface area contributed by atoms with Crippen molar-refractivity contribution in [3.63, 3.8) is 0 Å². The Kier molecular flexibility index (Phi) is 20.7. The number of carbonyl (C=O) groups is 1. The first-order valence-corrected chi connectivity index (χ1v) is 19.3. The number of amides is 1. The summed E-state index contributed by atoms with van der Waals surface area (Å²) in [7, 11) is 0. The van der Waals surface area contributed by atoms with E-state index in [9.17, 15) is 4.79 Å². The molecule has 0 aromatic heterocycles. The van der Waals surface area contributed by atoms with E-state index >= 15 is 0 Å². The van der Waals surface area contributed by atoms with Crippen LogP contribution in [0.2, 0.25) is 0 Å². The van der Waals surface area contributed by atoms with Crippen LogP contribution in [-0.2, 0) is 14.3 Å². The molecular formula is C41H65NO7. The molecule has 0 atom stereocenters. The second-order valence-electron chi connectivity index (χ2n) is 13.3. The number of unbranched alkanes of at least 4 members (excludes halogenated alkanes) is 11. The Bertz CT molecular complexity index is 1080. The molecule has 0 radical (unpaired) electrons. The van der Waals surface area contributed by atoms with Crippen molar-refractivity contribution in [2.45, 2.75) is 123 Å². The molecule has 8 heteroatoms. The summed E-state index contributed by atoms with van der Waals surface area (Å²) < 4.78 is 37.7. The van der Waals surface area contributed by atoms with Crippen molar-refractivity contribution in [1.29, 1.82) is 0 Å². The average Bonchev–Trinajstić information content (AvgIpc) is 3.12. The molecule has 3 rings (SSSR count). The predicted molar refractivity (Wildman–Crippen MR) is 197 cm³/mol. The van der Waals surface area contributed by atoms with E-state index in [1.807, 2.05) is 53.4 Å². The monoisotopic (exact) mass is 683 g/mol. The molecule has 0 fully saturated rings. The number of ether oxygens (including phenoxy) is 6. The molecule has 2 aromatic rings. The Balaban J connectivity index is 1.86. The number of rotatable bonds is 20. The summed E-state index contributed by atoms with van der Waals surface area (Å²) in [5, 5.41) is 0. The summed E-state index contributed by atoms with van der Waals surface area (Å²) in [6, 6.07) is 15.4. The number of hydrogen-bond donors (Lipinski definition) is 0. The van der Waals surface area contributed by atoms with Crippen LogP contribution in [0.4, 0.5) is 0 Å². The highest BCUT2D eigenvalue weighted by Crippen LogP contribution is 2.32. The second-order valence-corrected chi connectivity index (χ2v) is 13.3. The summed E-state index contributed by atoms with van der Waals surface area (Å²) in [6.45, 7) is 10.2. The number of fused-ring (bicyclic) bond motifs is 2. The van der Waals surface area contributed by atoms with E-state index < -0.39 is 5.60 Å². The van der Waals surface area contributed by atoms with E-state index in [1.54, 1.807) is 0 Å². The van der Waals surface area contributed by atoms with E-state index in [0.29, 0.717) is 55.8 Å². The third kappa shape index (κ3) is 16.1. The molecular weight excluding hydrogens is 618 g/mol. The first-order valence-electron chi connectivity index (χ1n) is 19.3. The van der Waals surface area contributed by atoms with Crippen molar-refractivity contribution < 1.29 is 33.2 Å². The SMILES string of the molecule is CCCCCCCCCCC1(OCC(=O)N(CCCCC)CCCCC)COc2ccccc2OCCOCCOc2ccccc2OC1. The van der Waals surface area contributed by atoms with E-state index in [1.165, 1.54) is 38.5 Å². The maximum Gasteiger partial charge on any atom is 0.248 e. The van der Waals surface area contributed by atoms with Gasteiger partial charge < -0.3 is 33.3 Å². The number of benzene rings is 2. The van der Waals surface area contributed by atoms with Crippen LogP contribution in [0.15, 0.2) is 48.5 Å². The Labute approximate surface area is 297 Å². The fourth-order valence-corrected chi connectivity index (χ4v) is 6.01. The van der Waals surface area contributed by atoms with Crippen LogP contribution in [-0.4, -0.2) is 75.7 Å². The highest BCUT2D eigenvalue weighted by molar-refractivity contribution is 5.77. The van der Waals surface area contributed by atoms with Crippen LogP contribution in [0.1, 0.15) is 117 Å². The van der Waals surface area contributed by atoms with Crippen LogP contribution in [0.3, 0.4) is 0 Å². The lowest BCUT2D eigenvalue weighted by Crippen LogP contribution is -2.48. The molecule has 0 unspecified atom stereocenters. The minimum atomic E-state index is -0.878. The number of carbonyl (C=O) groups excluding carboxylic acids is 1. The Morgan fingerprint density at radius 3 is 1.51 bits per heavy atom. The fourth-order valence-electron chi connectivity index (χ4n) is 6.01. The zero-order chi connectivity index (χ0) is 34.8. The van der Waals surface area contributed by atoms with Crippen molar-refractivity contribution >= 4 is 5.91 Å². The summed E-state index contributed by atoms with van der Waals surface area (Å²) in [5.74, 6) is 2.59. The van der Waals surface area contributed by atoms with Crippen LogP contribution < -0.4 is 18.9 Å². The van der Waals surface area contributed by atoms with Gasteiger partial charge in [0.25, 0.3) is 0 Å². The van der Waals surface area contributed by atoms with Crippen molar-refractivity contribution in [3.05, 3.63) is 48.5 Å². The average molecular weight is 684 g/mol.